The van der Waals surface area contributed by atoms with Gasteiger partial charge in [0.25, 0.3) is 0 Å². The van der Waals surface area contributed by atoms with Crippen LogP contribution in [0.4, 0.5) is 10.2 Å². The Morgan fingerprint density at radius 3 is 2.52 bits per heavy atom. The van der Waals surface area contributed by atoms with Crippen LogP contribution in [0.2, 0.25) is 5.02 Å². The maximum absolute atomic E-state index is 14.2. The topological polar surface area (TPSA) is 63.4 Å². The van der Waals surface area contributed by atoms with E-state index >= 15 is 0 Å². The number of nitrogens with zero attached hydrogens (tertiary/aromatic N) is 2. The summed E-state index contributed by atoms with van der Waals surface area (Å²) in [6.07, 6.45) is 1.10. The van der Waals surface area contributed by atoms with Crippen LogP contribution in [0, 0.1) is 19.7 Å². The molecule has 0 bridgehead atoms. The van der Waals surface area contributed by atoms with Gasteiger partial charge < -0.3 is 4.42 Å². The number of fused-ring (bicyclic) bond motifs is 1. The van der Waals surface area contributed by atoms with Crippen molar-refractivity contribution in [2.45, 2.75) is 13.8 Å². The maximum Gasteiger partial charge on any atom is 0.233 e. The van der Waals surface area contributed by atoms with Crippen molar-refractivity contribution in [2.75, 3.05) is 17.6 Å². The van der Waals surface area contributed by atoms with Gasteiger partial charge in [-0.15, -0.1) is 0 Å². The molecule has 1 aromatic carbocycles. The first-order chi connectivity index (χ1) is 11.6. The molecule has 0 aliphatic heterocycles. The lowest BCUT2D eigenvalue weighted by atomic mass is 10.1. The molecular weight excluding hydrogens is 367 g/mol. The number of sulfonamides is 1. The average molecular weight is 383 g/mol. The van der Waals surface area contributed by atoms with Gasteiger partial charge in [0.05, 0.1) is 11.8 Å². The third kappa shape index (κ3) is 3.09. The van der Waals surface area contributed by atoms with E-state index in [1.165, 1.54) is 13.1 Å². The number of anilines is 1. The predicted molar refractivity (Wildman–Crippen MR) is 97.1 cm³/mol. The third-order valence-corrected chi connectivity index (χ3v) is 5.47. The Balaban J connectivity index is 2.23. The van der Waals surface area contributed by atoms with Gasteiger partial charge in [0.15, 0.2) is 0 Å². The minimum absolute atomic E-state index is 0.248. The van der Waals surface area contributed by atoms with E-state index in [0.29, 0.717) is 21.7 Å². The summed E-state index contributed by atoms with van der Waals surface area (Å²) in [6, 6.07) is 6.12. The van der Waals surface area contributed by atoms with E-state index in [4.69, 9.17) is 16.0 Å². The highest BCUT2D eigenvalue weighted by molar-refractivity contribution is 7.92. The van der Waals surface area contributed by atoms with E-state index in [1.54, 1.807) is 32.0 Å². The number of benzene rings is 1. The minimum atomic E-state index is -3.46. The Kier molecular flexibility index (Phi) is 4.25. The highest BCUT2D eigenvalue weighted by Gasteiger charge is 2.21. The van der Waals surface area contributed by atoms with Crippen LogP contribution in [0.3, 0.4) is 0 Å². The lowest BCUT2D eigenvalue weighted by Gasteiger charge is -2.17. The largest absolute Gasteiger partial charge is 0.437 e. The number of aromatic nitrogens is 1. The molecule has 0 aliphatic rings. The van der Waals surface area contributed by atoms with Crippen LogP contribution >= 0.6 is 11.6 Å². The van der Waals surface area contributed by atoms with Gasteiger partial charge in [0.1, 0.15) is 17.4 Å². The average Bonchev–Trinajstić information content (AvgIpc) is 2.81. The molecule has 2 heterocycles. The third-order valence-electron chi connectivity index (χ3n) is 4.07. The molecule has 0 unspecified atom stereocenters. The first kappa shape index (κ1) is 17.7. The summed E-state index contributed by atoms with van der Waals surface area (Å²) >= 11 is 5.80. The minimum Gasteiger partial charge on any atom is -0.437 e. The van der Waals surface area contributed by atoms with Crippen LogP contribution in [0.25, 0.3) is 22.4 Å². The molecule has 3 rings (SSSR count). The van der Waals surface area contributed by atoms with E-state index in [9.17, 15) is 12.8 Å². The van der Waals surface area contributed by atoms with Gasteiger partial charge in [0, 0.05) is 23.0 Å². The number of aryl methyl sites for hydroxylation is 2. The fraction of sp³-hybridized carbons (Fsp3) is 0.235. The number of pyridine rings is 1. The van der Waals surface area contributed by atoms with Crippen LogP contribution in [-0.4, -0.2) is 26.7 Å². The number of rotatable bonds is 3. The molecule has 8 heteroatoms. The van der Waals surface area contributed by atoms with Crippen LogP contribution < -0.4 is 4.31 Å². The molecule has 0 amide bonds. The summed E-state index contributed by atoms with van der Waals surface area (Å²) in [5.74, 6) is 0.113. The van der Waals surface area contributed by atoms with Crippen molar-refractivity contribution in [1.29, 1.82) is 0 Å². The van der Waals surface area contributed by atoms with Crippen molar-refractivity contribution in [1.82, 2.24) is 4.98 Å². The fourth-order valence-corrected chi connectivity index (χ4v) is 3.29. The highest BCUT2D eigenvalue weighted by atomic mass is 35.5. The fourth-order valence-electron chi connectivity index (χ4n) is 2.64. The van der Waals surface area contributed by atoms with Gasteiger partial charge in [-0.1, -0.05) is 11.6 Å². The summed E-state index contributed by atoms with van der Waals surface area (Å²) in [4.78, 5) is 4.33. The summed E-state index contributed by atoms with van der Waals surface area (Å²) in [6.45, 7) is 3.56. The smallest absolute Gasteiger partial charge is 0.233 e. The Morgan fingerprint density at radius 1 is 1.24 bits per heavy atom. The zero-order valence-electron chi connectivity index (χ0n) is 14.1. The summed E-state index contributed by atoms with van der Waals surface area (Å²) < 4.78 is 44.6. The normalized spacial score (nSPS) is 11.9. The van der Waals surface area contributed by atoms with Gasteiger partial charge >= 0.3 is 0 Å². The Morgan fingerprint density at radius 2 is 1.92 bits per heavy atom. The zero-order valence-corrected chi connectivity index (χ0v) is 15.7. The van der Waals surface area contributed by atoms with Gasteiger partial charge in [-0.05, 0) is 43.7 Å². The molecular formula is C17H16ClFN2O3S. The summed E-state index contributed by atoms with van der Waals surface area (Å²) in [7, 11) is -2.04. The number of hydrogen-bond donors (Lipinski definition) is 0. The van der Waals surface area contributed by atoms with Crippen LogP contribution in [0.15, 0.2) is 28.7 Å². The van der Waals surface area contributed by atoms with E-state index in [2.05, 4.69) is 4.98 Å². The summed E-state index contributed by atoms with van der Waals surface area (Å²) in [5, 5.41) is 0.994. The number of hydrogen-bond acceptors (Lipinski definition) is 4. The number of halogens is 2. The molecule has 0 atom stereocenters. The van der Waals surface area contributed by atoms with E-state index in [-0.39, 0.29) is 17.1 Å². The quantitative estimate of drug-likeness (QED) is 0.677. The van der Waals surface area contributed by atoms with Crippen LogP contribution in [-0.2, 0) is 10.0 Å². The van der Waals surface area contributed by atoms with Crippen molar-refractivity contribution in [3.8, 4) is 11.3 Å². The molecule has 0 fully saturated rings. The molecule has 3 aromatic rings. The zero-order chi connectivity index (χ0) is 18.5. The van der Waals surface area contributed by atoms with Crippen LogP contribution in [0.5, 0.6) is 0 Å². The molecule has 0 saturated heterocycles. The van der Waals surface area contributed by atoms with E-state index in [0.717, 1.165) is 16.1 Å². The second-order valence-electron chi connectivity index (χ2n) is 5.89. The lowest BCUT2D eigenvalue weighted by molar-refractivity contribution is 0.592. The van der Waals surface area contributed by atoms with Crippen molar-refractivity contribution >= 4 is 38.5 Å². The standard InChI is InChI=1S/C17H16ClFN2O3S/c1-9-7-13-10(2)15(12-6-5-11(18)8-14(12)19)24-17(13)20-16(9)21(3)25(4,22)23/h5-8H,1-4H3. The monoisotopic (exact) mass is 382 g/mol. The van der Waals surface area contributed by atoms with E-state index < -0.39 is 15.8 Å². The Labute approximate surface area is 150 Å². The molecule has 5 nitrogen and oxygen atoms in total. The SMILES string of the molecule is Cc1cc2c(C)c(-c3ccc(Cl)cc3F)oc2nc1N(C)S(C)(=O)=O. The Bertz CT molecular complexity index is 1090. The van der Waals surface area contributed by atoms with Crippen molar-refractivity contribution in [2.24, 2.45) is 0 Å². The first-order valence-corrected chi connectivity index (χ1v) is 9.62. The molecule has 132 valence electrons. The summed E-state index contributed by atoms with van der Waals surface area (Å²) in [5.41, 5.74) is 1.92. The van der Waals surface area contributed by atoms with Crippen LogP contribution in [0.1, 0.15) is 11.1 Å². The molecule has 25 heavy (non-hydrogen) atoms. The van der Waals surface area contributed by atoms with Gasteiger partial charge in [0.2, 0.25) is 15.7 Å². The van der Waals surface area contributed by atoms with Crippen molar-refractivity contribution in [3.05, 3.63) is 46.2 Å². The van der Waals surface area contributed by atoms with E-state index in [1.807, 2.05) is 0 Å². The number of furan rings is 1. The molecule has 0 saturated carbocycles. The second kappa shape index (κ2) is 6.00. The second-order valence-corrected chi connectivity index (χ2v) is 8.34. The highest BCUT2D eigenvalue weighted by Crippen LogP contribution is 2.36. The molecule has 0 N–H and O–H groups in total. The van der Waals surface area contributed by atoms with Gasteiger partial charge in [-0.25, -0.2) is 12.8 Å². The van der Waals surface area contributed by atoms with Gasteiger partial charge in [-0.3, -0.25) is 4.31 Å². The molecule has 0 radical (unpaired) electrons. The lowest BCUT2D eigenvalue weighted by Crippen LogP contribution is -2.26. The first-order valence-electron chi connectivity index (χ1n) is 7.39. The van der Waals surface area contributed by atoms with Gasteiger partial charge in [-0.2, -0.15) is 4.98 Å². The molecule has 0 spiro atoms. The maximum atomic E-state index is 14.2. The Hall–Kier alpha value is -2.12. The predicted octanol–water partition coefficient (Wildman–Crippen LogP) is 4.30. The molecule has 0 aliphatic carbocycles. The van der Waals surface area contributed by atoms with Crippen molar-refractivity contribution in [3.63, 3.8) is 0 Å². The van der Waals surface area contributed by atoms with Crippen molar-refractivity contribution < 1.29 is 17.2 Å². The molecule has 2 aromatic heterocycles.